The molecule has 3 atom stereocenters. The number of aliphatic carboxylic acids is 1. The number of nitrogens with one attached hydrogen (secondary N) is 2. The first-order valence-corrected chi connectivity index (χ1v) is 14.0. The van der Waals surface area contributed by atoms with Gasteiger partial charge in [0.1, 0.15) is 0 Å². The summed E-state index contributed by atoms with van der Waals surface area (Å²) in [7, 11) is 0. The van der Waals surface area contributed by atoms with Crippen molar-refractivity contribution in [2.24, 2.45) is 11.7 Å². The van der Waals surface area contributed by atoms with Gasteiger partial charge >= 0.3 is 5.97 Å². The largest absolute Gasteiger partial charge is 0.480 e. The number of carbonyl (C=O) groups is 4. The van der Waals surface area contributed by atoms with Crippen LogP contribution in [0.15, 0.2) is 11.6 Å². The predicted octanol–water partition coefficient (Wildman–Crippen LogP) is 1.94. The molecule has 0 aromatic carbocycles. The number of rotatable bonds is 14. The molecule has 2 fully saturated rings. The third-order valence-corrected chi connectivity index (χ3v) is 8.02. The second-order valence-electron chi connectivity index (χ2n) is 9.82. The number of hydrogen-bond acceptors (Lipinski definition) is 9. The van der Waals surface area contributed by atoms with E-state index < -0.39 is 35.9 Å². The minimum Gasteiger partial charge on any atom is -0.480 e. The van der Waals surface area contributed by atoms with Crippen molar-refractivity contribution in [3.63, 3.8) is 0 Å². The van der Waals surface area contributed by atoms with E-state index in [-0.39, 0.29) is 12.3 Å². The zero-order valence-electron chi connectivity index (χ0n) is 20.8. The van der Waals surface area contributed by atoms with Crippen LogP contribution in [0.3, 0.4) is 0 Å². The fraction of sp³-hybridized carbons (Fsp3) is 0.720. The van der Waals surface area contributed by atoms with Crippen LogP contribution in [0.25, 0.3) is 0 Å². The lowest BCUT2D eigenvalue weighted by Crippen LogP contribution is -2.55. The summed E-state index contributed by atoms with van der Waals surface area (Å²) in [5.74, 6) is -1.75. The van der Waals surface area contributed by atoms with Gasteiger partial charge in [-0.1, -0.05) is 38.5 Å². The van der Waals surface area contributed by atoms with Crippen LogP contribution in [-0.2, 0) is 14.4 Å². The quantitative estimate of drug-likeness (QED) is 0.212. The summed E-state index contributed by atoms with van der Waals surface area (Å²) in [6.07, 6.45) is 10.9. The summed E-state index contributed by atoms with van der Waals surface area (Å²) in [6.45, 7) is 0.766. The van der Waals surface area contributed by atoms with E-state index >= 15 is 0 Å². The lowest BCUT2D eigenvalue weighted by Gasteiger charge is -2.31. The van der Waals surface area contributed by atoms with Crippen molar-refractivity contribution < 1.29 is 24.3 Å². The van der Waals surface area contributed by atoms with E-state index in [2.05, 4.69) is 15.6 Å². The molecule has 0 spiro atoms. The Morgan fingerprint density at radius 3 is 2.58 bits per heavy atom. The highest BCUT2D eigenvalue weighted by Crippen LogP contribution is 2.28. The van der Waals surface area contributed by atoms with Crippen LogP contribution in [0.1, 0.15) is 80.4 Å². The number of aromatic nitrogens is 1. The number of Topliss-reactive ketones (excluding diaryl/α,β-unsaturated/α-hetero) is 1. The van der Waals surface area contributed by atoms with Gasteiger partial charge < -0.3 is 10.8 Å². The SMILES string of the molecule is NCCCC[C@@H](C(=O)c1nccs1)N1CCC[C@H]1C(=O)NC(=O)[C@@H](CC1CCCCC1)NCC(=O)O. The Labute approximate surface area is 216 Å². The number of carboxylic acids is 1. The minimum absolute atomic E-state index is 0.105. The number of amides is 2. The second kappa shape index (κ2) is 14.5. The van der Waals surface area contributed by atoms with Gasteiger partial charge in [-0.15, -0.1) is 11.3 Å². The number of thiazole rings is 1. The van der Waals surface area contributed by atoms with Crippen LogP contribution >= 0.6 is 11.3 Å². The minimum atomic E-state index is -1.05. The predicted molar refractivity (Wildman–Crippen MR) is 137 cm³/mol. The Hall–Kier alpha value is -2.21. The molecule has 10 nitrogen and oxygen atoms in total. The molecule has 3 rings (SSSR count). The highest BCUT2D eigenvalue weighted by atomic mass is 32.1. The lowest BCUT2D eigenvalue weighted by atomic mass is 9.84. The number of ketones is 1. The molecule has 1 aliphatic heterocycles. The van der Waals surface area contributed by atoms with E-state index in [9.17, 15) is 19.2 Å². The number of nitrogens with zero attached hydrogens (tertiary/aromatic N) is 2. The molecule has 200 valence electrons. The molecular formula is C25H39N5O5S. The monoisotopic (exact) mass is 521 g/mol. The van der Waals surface area contributed by atoms with Gasteiger partial charge in [-0.3, -0.25) is 34.7 Å². The number of unbranched alkanes of at least 4 members (excludes halogenated alkanes) is 1. The maximum absolute atomic E-state index is 13.3. The number of imide groups is 1. The number of nitrogens with two attached hydrogens (primary N) is 1. The average Bonchev–Trinajstić information content (AvgIpc) is 3.57. The summed E-state index contributed by atoms with van der Waals surface area (Å²) >= 11 is 1.28. The highest BCUT2D eigenvalue weighted by molar-refractivity contribution is 7.11. The zero-order chi connectivity index (χ0) is 25.9. The van der Waals surface area contributed by atoms with Gasteiger partial charge in [-0.25, -0.2) is 4.98 Å². The molecule has 1 aromatic heterocycles. The third-order valence-electron chi connectivity index (χ3n) is 7.23. The molecule has 1 saturated heterocycles. The van der Waals surface area contributed by atoms with Crippen LogP contribution in [-0.4, -0.2) is 76.3 Å². The molecule has 2 heterocycles. The molecule has 2 amide bonds. The van der Waals surface area contributed by atoms with Crippen LogP contribution in [0.4, 0.5) is 0 Å². The van der Waals surface area contributed by atoms with Crippen molar-refractivity contribution in [3.05, 3.63) is 16.6 Å². The van der Waals surface area contributed by atoms with Crippen LogP contribution in [0.5, 0.6) is 0 Å². The number of likely N-dealkylation sites (tertiary alicyclic amines) is 1. The molecule has 0 unspecified atom stereocenters. The van der Waals surface area contributed by atoms with Crippen LogP contribution in [0.2, 0.25) is 0 Å². The van der Waals surface area contributed by atoms with E-state index in [1.54, 1.807) is 11.6 Å². The number of carboxylic acid groups (broad SMARTS) is 1. The fourth-order valence-electron chi connectivity index (χ4n) is 5.40. The first kappa shape index (κ1) is 28.4. The Morgan fingerprint density at radius 2 is 1.92 bits per heavy atom. The molecule has 11 heteroatoms. The molecule has 0 bridgehead atoms. The summed E-state index contributed by atoms with van der Waals surface area (Å²) < 4.78 is 0. The maximum Gasteiger partial charge on any atom is 0.317 e. The van der Waals surface area contributed by atoms with Crippen molar-refractivity contribution in [1.29, 1.82) is 0 Å². The lowest BCUT2D eigenvalue weighted by molar-refractivity contribution is -0.136. The van der Waals surface area contributed by atoms with E-state index in [4.69, 9.17) is 10.8 Å². The summed E-state index contributed by atoms with van der Waals surface area (Å²) in [5, 5.41) is 16.6. The smallest absolute Gasteiger partial charge is 0.317 e. The molecule has 1 saturated carbocycles. The van der Waals surface area contributed by atoms with Crippen molar-refractivity contribution in [2.75, 3.05) is 19.6 Å². The van der Waals surface area contributed by atoms with Gasteiger partial charge in [0.05, 0.1) is 24.7 Å². The van der Waals surface area contributed by atoms with Gasteiger partial charge in [-0.05, 0) is 51.1 Å². The van der Waals surface area contributed by atoms with Gasteiger partial charge in [0.2, 0.25) is 17.6 Å². The second-order valence-corrected chi connectivity index (χ2v) is 10.7. The maximum atomic E-state index is 13.3. The summed E-state index contributed by atoms with van der Waals surface area (Å²) in [6, 6.07) is -1.85. The van der Waals surface area contributed by atoms with E-state index in [0.717, 1.165) is 44.9 Å². The van der Waals surface area contributed by atoms with Crippen molar-refractivity contribution in [2.45, 2.75) is 88.8 Å². The average molecular weight is 522 g/mol. The standard InChI is InChI=1S/C25H39N5O5S/c26-11-5-4-9-19(22(33)25-27-12-14-36-25)30-13-6-10-20(30)24(35)29-23(34)18(28-16-21(31)32)15-17-7-2-1-3-8-17/h12,14,17-20,28H,1-11,13,15-16,26H2,(H,31,32)(H,29,34,35)/t18-,19+,20+/m1/s1. The Morgan fingerprint density at radius 1 is 1.14 bits per heavy atom. The van der Waals surface area contributed by atoms with Crippen molar-refractivity contribution in [1.82, 2.24) is 20.5 Å². The number of hydrogen-bond donors (Lipinski definition) is 4. The normalized spacial score (nSPS) is 20.6. The third kappa shape index (κ3) is 8.16. The molecule has 36 heavy (non-hydrogen) atoms. The van der Waals surface area contributed by atoms with Gasteiger partial charge in [0, 0.05) is 11.6 Å². The van der Waals surface area contributed by atoms with E-state index in [0.29, 0.717) is 43.3 Å². The Balaban J connectivity index is 1.68. The van der Waals surface area contributed by atoms with Crippen molar-refractivity contribution >= 4 is 34.9 Å². The van der Waals surface area contributed by atoms with Crippen LogP contribution in [0, 0.1) is 5.92 Å². The van der Waals surface area contributed by atoms with Crippen molar-refractivity contribution in [3.8, 4) is 0 Å². The highest BCUT2D eigenvalue weighted by Gasteiger charge is 2.40. The Bertz CT molecular complexity index is 874. The topological polar surface area (TPSA) is 155 Å². The van der Waals surface area contributed by atoms with E-state index in [1.807, 2.05) is 4.90 Å². The zero-order valence-corrected chi connectivity index (χ0v) is 21.6. The molecule has 2 aliphatic rings. The Kier molecular flexibility index (Phi) is 11.4. The van der Waals surface area contributed by atoms with Gasteiger partial charge in [-0.2, -0.15) is 0 Å². The molecular weight excluding hydrogens is 482 g/mol. The molecule has 1 aliphatic carbocycles. The van der Waals surface area contributed by atoms with Gasteiger partial charge in [0.25, 0.3) is 0 Å². The van der Waals surface area contributed by atoms with E-state index in [1.165, 1.54) is 17.8 Å². The van der Waals surface area contributed by atoms with Gasteiger partial charge in [0.15, 0.2) is 5.01 Å². The molecule has 5 N–H and O–H groups in total. The first-order chi connectivity index (χ1) is 17.4. The number of carbonyl (C=O) groups excluding carboxylic acids is 3. The molecule has 0 radical (unpaired) electrons. The first-order valence-electron chi connectivity index (χ1n) is 13.1. The summed E-state index contributed by atoms with van der Waals surface area (Å²) in [5.41, 5.74) is 5.65. The fourth-order valence-corrected chi connectivity index (χ4v) is 6.03. The van der Waals surface area contributed by atoms with Crippen LogP contribution < -0.4 is 16.4 Å². The summed E-state index contributed by atoms with van der Waals surface area (Å²) in [4.78, 5) is 56.9. The molecule has 1 aromatic rings.